The number of carboxylic acids is 1. The molecule has 2 aromatic carbocycles. The number of hydrogen-bond donors (Lipinski definition) is 2. The highest BCUT2D eigenvalue weighted by molar-refractivity contribution is 9.10. The smallest absolute Gasteiger partial charge is 0.416 e. The highest BCUT2D eigenvalue weighted by Crippen LogP contribution is 2.44. The molecule has 0 fully saturated rings. The van der Waals surface area contributed by atoms with Crippen LogP contribution >= 0.6 is 15.9 Å². The number of esters is 1. The van der Waals surface area contributed by atoms with Crippen molar-refractivity contribution < 1.29 is 32.6 Å². The molecule has 1 aliphatic heterocycles. The molecule has 0 amide bonds. The molecule has 1 atom stereocenters. The molecule has 1 heterocycles. The van der Waals surface area contributed by atoms with E-state index in [1.165, 1.54) is 19.1 Å². The number of allylic oxidation sites excluding steroid dienone is 1. The minimum atomic E-state index is -4.62. The van der Waals surface area contributed by atoms with Crippen molar-refractivity contribution >= 4 is 33.6 Å². The van der Waals surface area contributed by atoms with E-state index in [0.717, 1.165) is 28.6 Å². The lowest BCUT2D eigenvalue weighted by atomic mass is 9.80. The van der Waals surface area contributed by atoms with Gasteiger partial charge in [0.2, 0.25) is 0 Å². The van der Waals surface area contributed by atoms with Crippen LogP contribution < -0.4 is 10.6 Å². The van der Waals surface area contributed by atoms with E-state index in [0.29, 0.717) is 5.56 Å². The summed E-state index contributed by atoms with van der Waals surface area (Å²) in [5.74, 6) is -3.54. The van der Waals surface area contributed by atoms with Gasteiger partial charge in [0.05, 0.1) is 29.7 Å². The first kappa shape index (κ1) is 23.4. The molecule has 3 rings (SSSR count). The van der Waals surface area contributed by atoms with Crippen molar-refractivity contribution in [2.75, 3.05) is 12.0 Å². The second kappa shape index (κ2) is 8.70. The monoisotopic (exact) mass is 510 g/mol. The van der Waals surface area contributed by atoms with Crippen LogP contribution in [0.5, 0.6) is 0 Å². The molecule has 1 aliphatic rings. The average Bonchev–Trinajstić information content (AvgIpc) is 2.73. The Bertz CT molecular complexity index is 1140. The van der Waals surface area contributed by atoms with Crippen molar-refractivity contribution in [1.82, 2.24) is 0 Å². The predicted octanol–water partition coefficient (Wildman–Crippen LogP) is 4.77. The van der Waals surface area contributed by atoms with Gasteiger partial charge in [0.25, 0.3) is 0 Å². The molecule has 0 saturated carbocycles. The number of benzene rings is 2. The first-order chi connectivity index (χ1) is 15.0. The van der Waals surface area contributed by atoms with E-state index in [1.54, 1.807) is 24.3 Å². The maximum absolute atomic E-state index is 13.3. The number of carbonyl (C=O) groups excluding carboxylic acids is 1. The summed E-state index contributed by atoms with van der Waals surface area (Å²) in [5.41, 5.74) is 5.45. The van der Waals surface area contributed by atoms with Crippen LogP contribution in [0.2, 0.25) is 0 Å². The Labute approximate surface area is 189 Å². The highest BCUT2D eigenvalue weighted by atomic mass is 79.9. The molecular weight excluding hydrogens is 493 g/mol. The largest absolute Gasteiger partial charge is 0.478 e. The molecule has 10 heteroatoms. The lowest BCUT2D eigenvalue weighted by Crippen LogP contribution is -2.39. The maximum atomic E-state index is 13.3. The van der Waals surface area contributed by atoms with Gasteiger partial charge in [0.1, 0.15) is 5.82 Å². The quantitative estimate of drug-likeness (QED) is 0.575. The van der Waals surface area contributed by atoms with Crippen LogP contribution in [0.25, 0.3) is 0 Å². The number of anilines is 1. The number of rotatable bonds is 4. The zero-order valence-corrected chi connectivity index (χ0v) is 18.5. The van der Waals surface area contributed by atoms with Gasteiger partial charge in [-0.1, -0.05) is 34.1 Å². The molecule has 0 aromatic heterocycles. The van der Waals surface area contributed by atoms with Gasteiger partial charge in [-0.05, 0) is 42.8 Å². The van der Waals surface area contributed by atoms with Crippen LogP contribution in [0.3, 0.4) is 0 Å². The van der Waals surface area contributed by atoms with Crippen molar-refractivity contribution in [3.05, 3.63) is 86.8 Å². The van der Waals surface area contributed by atoms with Crippen molar-refractivity contribution in [1.29, 1.82) is 0 Å². The van der Waals surface area contributed by atoms with E-state index in [4.69, 9.17) is 10.5 Å². The molecule has 0 spiro atoms. The van der Waals surface area contributed by atoms with E-state index >= 15 is 0 Å². The number of ether oxygens (including phenoxy) is 1. The minimum Gasteiger partial charge on any atom is -0.478 e. The van der Waals surface area contributed by atoms with Gasteiger partial charge >= 0.3 is 18.1 Å². The van der Waals surface area contributed by atoms with Gasteiger partial charge in [-0.2, -0.15) is 13.2 Å². The second-order valence-corrected chi connectivity index (χ2v) is 7.88. The summed E-state index contributed by atoms with van der Waals surface area (Å²) in [6.07, 6.45) is -4.62. The Kier molecular flexibility index (Phi) is 6.36. The Balaban J connectivity index is 2.31. The second-order valence-electron chi connectivity index (χ2n) is 6.96. The van der Waals surface area contributed by atoms with Crippen molar-refractivity contribution in [3.8, 4) is 0 Å². The Morgan fingerprint density at radius 2 is 1.75 bits per heavy atom. The number of nitrogens with zero attached hydrogens (tertiary/aromatic N) is 1. The van der Waals surface area contributed by atoms with E-state index < -0.39 is 29.6 Å². The standard InChI is InChI=1S/C22H18BrF3N2O4/c1-11-16(20(29)30)17(12-6-8-14(23)9-7-12)18(21(31)32-2)19(27)28(11)15-5-3-4-13(10-15)22(24,25)26/h3-10,17H,27H2,1-2H3,(H,29,30). The molecule has 0 bridgehead atoms. The highest BCUT2D eigenvalue weighted by Gasteiger charge is 2.41. The van der Waals surface area contributed by atoms with E-state index in [2.05, 4.69) is 15.9 Å². The number of carboxylic acid groups (broad SMARTS) is 1. The van der Waals surface area contributed by atoms with Crippen LogP contribution in [-0.4, -0.2) is 24.2 Å². The number of aliphatic carboxylic acids is 1. The lowest BCUT2D eigenvalue weighted by Gasteiger charge is -2.37. The zero-order chi connectivity index (χ0) is 23.8. The summed E-state index contributed by atoms with van der Waals surface area (Å²) in [6, 6.07) is 10.9. The summed E-state index contributed by atoms with van der Waals surface area (Å²) >= 11 is 3.30. The van der Waals surface area contributed by atoms with Crippen LogP contribution in [0, 0.1) is 0 Å². The molecule has 3 N–H and O–H groups in total. The van der Waals surface area contributed by atoms with E-state index in [-0.39, 0.29) is 28.4 Å². The fourth-order valence-electron chi connectivity index (χ4n) is 3.68. The number of nitrogens with two attached hydrogens (primary N) is 1. The molecular formula is C22H18BrF3N2O4. The Hall–Kier alpha value is -3.27. The van der Waals surface area contributed by atoms with Crippen molar-refractivity contribution in [3.63, 3.8) is 0 Å². The molecule has 0 aliphatic carbocycles. The van der Waals surface area contributed by atoms with Gasteiger partial charge in [-0.3, -0.25) is 0 Å². The molecule has 6 nitrogen and oxygen atoms in total. The summed E-state index contributed by atoms with van der Waals surface area (Å²) in [4.78, 5) is 26.1. The number of halogens is 4. The third-order valence-corrected chi connectivity index (χ3v) is 5.62. The number of methoxy groups -OCH3 is 1. The molecule has 168 valence electrons. The fourth-order valence-corrected chi connectivity index (χ4v) is 3.94. The van der Waals surface area contributed by atoms with Crippen LogP contribution in [0.15, 0.2) is 75.7 Å². The van der Waals surface area contributed by atoms with Crippen LogP contribution in [0.4, 0.5) is 18.9 Å². The van der Waals surface area contributed by atoms with Gasteiger partial charge in [0.15, 0.2) is 0 Å². The molecule has 0 saturated heterocycles. The van der Waals surface area contributed by atoms with Crippen LogP contribution in [0.1, 0.15) is 24.0 Å². The molecule has 32 heavy (non-hydrogen) atoms. The van der Waals surface area contributed by atoms with Gasteiger partial charge in [-0.25, -0.2) is 9.59 Å². The summed E-state index contributed by atoms with van der Waals surface area (Å²) in [7, 11) is 1.11. The van der Waals surface area contributed by atoms with Crippen molar-refractivity contribution in [2.45, 2.75) is 19.0 Å². The predicted molar refractivity (Wildman–Crippen MR) is 114 cm³/mol. The summed E-state index contributed by atoms with van der Waals surface area (Å²) in [5, 5.41) is 10.0. The van der Waals surface area contributed by atoms with Gasteiger partial charge in [-0.15, -0.1) is 0 Å². The van der Waals surface area contributed by atoms with Gasteiger partial charge in [0, 0.05) is 15.9 Å². The average molecular weight is 511 g/mol. The van der Waals surface area contributed by atoms with E-state index in [1.807, 2.05) is 0 Å². The number of alkyl halides is 3. The third kappa shape index (κ3) is 4.22. The fraction of sp³-hybridized carbons (Fsp3) is 0.182. The summed E-state index contributed by atoms with van der Waals surface area (Å²) < 4.78 is 45.4. The number of carbonyl (C=O) groups is 2. The normalized spacial score (nSPS) is 16.9. The summed E-state index contributed by atoms with van der Waals surface area (Å²) in [6.45, 7) is 1.43. The first-order valence-corrected chi connectivity index (χ1v) is 10.0. The van der Waals surface area contributed by atoms with Crippen LogP contribution in [-0.2, 0) is 20.5 Å². The number of hydrogen-bond acceptors (Lipinski definition) is 5. The Morgan fingerprint density at radius 3 is 2.28 bits per heavy atom. The SMILES string of the molecule is COC(=O)C1=C(N)N(c2cccc(C(F)(F)F)c2)C(C)=C(C(=O)O)C1c1ccc(Br)cc1. The van der Waals surface area contributed by atoms with Crippen molar-refractivity contribution in [2.24, 2.45) is 5.73 Å². The topological polar surface area (TPSA) is 92.9 Å². The third-order valence-electron chi connectivity index (χ3n) is 5.09. The first-order valence-electron chi connectivity index (χ1n) is 9.22. The zero-order valence-electron chi connectivity index (χ0n) is 16.9. The minimum absolute atomic E-state index is 0.0377. The van der Waals surface area contributed by atoms with E-state index in [9.17, 15) is 27.9 Å². The lowest BCUT2D eigenvalue weighted by molar-refractivity contribution is -0.138. The van der Waals surface area contributed by atoms with Gasteiger partial charge < -0.3 is 20.5 Å². The molecule has 2 aromatic rings. The maximum Gasteiger partial charge on any atom is 0.416 e. The molecule has 1 unspecified atom stereocenters. The Morgan fingerprint density at radius 1 is 1.12 bits per heavy atom. The molecule has 0 radical (unpaired) electrons.